The fourth-order valence-electron chi connectivity index (χ4n) is 1.34. The first-order valence-corrected chi connectivity index (χ1v) is 5.96. The molecule has 0 spiro atoms. The number of nitro groups is 2. The van der Waals surface area contributed by atoms with Crippen LogP contribution in [0.4, 0.5) is 11.4 Å². The van der Waals surface area contributed by atoms with Gasteiger partial charge in [-0.05, 0) is 5.92 Å². The Morgan fingerprint density at radius 3 is 2.10 bits per heavy atom. The van der Waals surface area contributed by atoms with E-state index in [1.807, 2.05) is 13.8 Å². The molecular weight excluding hydrogens is 268 g/mol. The standard InChI is InChI=1S/C12H14N2O6/c1-3-8(2)7-20-12(15)9-4-10(13(16)17)6-11(5-9)14(18)19/h4-6,8H,3,7H2,1-2H3/t8-/m0/s1. The van der Waals surface area contributed by atoms with Crippen molar-refractivity contribution in [2.75, 3.05) is 6.61 Å². The van der Waals surface area contributed by atoms with Crippen LogP contribution in [0.25, 0.3) is 0 Å². The zero-order chi connectivity index (χ0) is 15.3. The number of esters is 1. The van der Waals surface area contributed by atoms with Crippen molar-refractivity contribution in [2.24, 2.45) is 5.92 Å². The number of ether oxygens (including phenoxy) is 1. The van der Waals surface area contributed by atoms with Crippen LogP contribution in [0.15, 0.2) is 18.2 Å². The molecule has 1 aromatic carbocycles. The summed E-state index contributed by atoms with van der Waals surface area (Å²) in [6.07, 6.45) is 0.808. The number of rotatable bonds is 6. The number of nitro benzene ring substituents is 2. The lowest BCUT2D eigenvalue weighted by molar-refractivity contribution is -0.394. The predicted molar refractivity (Wildman–Crippen MR) is 69.5 cm³/mol. The number of benzene rings is 1. The van der Waals surface area contributed by atoms with Gasteiger partial charge in [0.2, 0.25) is 0 Å². The second kappa shape index (κ2) is 6.60. The Hall–Kier alpha value is -2.51. The zero-order valence-corrected chi connectivity index (χ0v) is 11.1. The molecule has 1 atom stereocenters. The topological polar surface area (TPSA) is 113 Å². The fourth-order valence-corrected chi connectivity index (χ4v) is 1.34. The minimum atomic E-state index is -0.808. The number of non-ortho nitro benzene ring substituents is 2. The smallest absolute Gasteiger partial charge is 0.338 e. The minimum Gasteiger partial charge on any atom is -0.462 e. The van der Waals surface area contributed by atoms with Gasteiger partial charge in [0.1, 0.15) is 0 Å². The van der Waals surface area contributed by atoms with Crippen molar-refractivity contribution in [3.63, 3.8) is 0 Å². The quantitative estimate of drug-likeness (QED) is 0.450. The van der Waals surface area contributed by atoms with Crippen molar-refractivity contribution < 1.29 is 19.4 Å². The van der Waals surface area contributed by atoms with E-state index in [4.69, 9.17) is 4.74 Å². The second-order valence-corrected chi connectivity index (χ2v) is 4.36. The lowest BCUT2D eigenvalue weighted by atomic mass is 10.1. The zero-order valence-electron chi connectivity index (χ0n) is 11.1. The average molecular weight is 282 g/mol. The van der Waals surface area contributed by atoms with E-state index < -0.39 is 27.2 Å². The number of carbonyl (C=O) groups excluding carboxylic acids is 1. The van der Waals surface area contributed by atoms with Crippen LogP contribution in [0, 0.1) is 26.1 Å². The third kappa shape index (κ3) is 4.01. The van der Waals surface area contributed by atoms with E-state index in [-0.39, 0.29) is 18.1 Å². The molecule has 0 fully saturated rings. The highest BCUT2D eigenvalue weighted by atomic mass is 16.6. The average Bonchev–Trinajstić information content (AvgIpc) is 2.43. The summed E-state index contributed by atoms with van der Waals surface area (Å²) in [5.41, 5.74) is -1.24. The third-order valence-electron chi connectivity index (χ3n) is 2.76. The maximum absolute atomic E-state index is 11.7. The van der Waals surface area contributed by atoms with E-state index in [1.165, 1.54) is 0 Å². The normalized spacial score (nSPS) is 11.7. The highest BCUT2D eigenvalue weighted by Gasteiger charge is 2.20. The third-order valence-corrected chi connectivity index (χ3v) is 2.76. The summed E-state index contributed by atoms with van der Waals surface area (Å²) in [5, 5.41) is 21.4. The van der Waals surface area contributed by atoms with Gasteiger partial charge in [-0.1, -0.05) is 20.3 Å². The fraction of sp³-hybridized carbons (Fsp3) is 0.417. The van der Waals surface area contributed by atoms with E-state index in [1.54, 1.807) is 0 Å². The first-order valence-electron chi connectivity index (χ1n) is 5.96. The van der Waals surface area contributed by atoms with Crippen LogP contribution < -0.4 is 0 Å². The van der Waals surface area contributed by atoms with Gasteiger partial charge >= 0.3 is 5.97 Å². The van der Waals surface area contributed by atoms with Gasteiger partial charge in [0.15, 0.2) is 0 Å². The monoisotopic (exact) mass is 282 g/mol. The molecule has 0 saturated heterocycles. The summed E-state index contributed by atoms with van der Waals surface area (Å²) in [4.78, 5) is 31.5. The summed E-state index contributed by atoms with van der Waals surface area (Å²) in [5.74, 6) is -0.662. The van der Waals surface area contributed by atoms with Crippen LogP contribution in [-0.4, -0.2) is 22.4 Å². The summed E-state index contributed by atoms with van der Waals surface area (Å²) in [7, 11) is 0. The van der Waals surface area contributed by atoms with Gasteiger partial charge in [-0.2, -0.15) is 0 Å². The molecule has 8 nitrogen and oxygen atoms in total. The molecule has 1 aromatic rings. The van der Waals surface area contributed by atoms with E-state index >= 15 is 0 Å². The van der Waals surface area contributed by atoms with E-state index in [0.29, 0.717) is 0 Å². The molecule has 0 unspecified atom stereocenters. The molecule has 0 aliphatic rings. The van der Waals surface area contributed by atoms with Gasteiger partial charge in [0.25, 0.3) is 11.4 Å². The van der Waals surface area contributed by atoms with Crippen molar-refractivity contribution in [3.8, 4) is 0 Å². The summed E-state index contributed by atoms with van der Waals surface area (Å²) in [6.45, 7) is 3.96. The molecule has 0 bridgehead atoms. The van der Waals surface area contributed by atoms with Crippen LogP contribution in [0.3, 0.4) is 0 Å². The van der Waals surface area contributed by atoms with Gasteiger partial charge in [0.05, 0.1) is 28.1 Å². The van der Waals surface area contributed by atoms with Crippen molar-refractivity contribution in [1.29, 1.82) is 0 Å². The number of hydrogen-bond acceptors (Lipinski definition) is 6. The van der Waals surface area contributed by atoms with Gasteiger partial charge in [-0.25, -0.2) is 4.79 Å². The maximum atomic E-state index is 11.7. The van der Waals surface area contributed by atoms with Crippen LogP contribution in [0.2, 0.25) is 0 Å². The first kappa shape index (κ1) is 15.5. The molecule has 0 aromatic heterocycles. The van der Waals surface area contributed by atoms with Crippen molar-refractivity contribution >= 4 is 17.3 Å². The van der Waals surface area contributed by atoms with Crippen molar-refractivity contribution in [3.05, 3.63) is 44.0 Å². The van der Waals surface area contributed by atoms with Crippen LogP contribution in [-0.2, 0) is 4.74 Å². The van der Waals surface area contributed by atoms with Crippen LogP contribution in [0.1, 0.15) is 30.6 Å². The molecule has 0 amide bonds. The van der Waals surface area contributed by atoms with E-state index in [2.05, 4.69) is 0 Å². The molecular formula is C12H14N2O6. The maximum Gasteiger partial charge on any atom is 0.338 e. The largest absolute Gasteiger partial charge is 0.462 e. The van der Waals surface area contributed by atoms with E-state index in [0.717, 1.165) is 24.6 Å². The molecule has 0 aliphatic heterocycles. The summed E-state index contributed by atoms with van der Waals surface area (Å²) in [6, 6.07) is 2.73. The van der Waals surface area contributed by atoms with Crippen molar-refractivity contribution in [1.82, 2.24) is 0 Å². The molecule has 20 heavy (non-hydrogen) atoms. The molecule has 8 heteroatoms. The Morgan fingerprint density at radius 1 is 1.20 bits per heavy atom. The highest BCUT2D eigenvalue weighted by Crippen LogP contribution is 2.23. The highest BCUT2D eigenvalue weighted by molar-refractivity contribution is 5.91. The van der Waals surface area contributed by atoms with Crippen molar-refractivity contribution in [2.45, 2.75) is 20.3 Å². The molecule has 108 valence electrons. The molecule has 0 N–H and O–H groups in total. The Balaban J connectivity index is 3.01. The Bertz CT molecular complexity index is 510. The molecule has 0 aliphatic carbocycles. The lowest BCUT2D eigenvalue weighted by Gasteiger charge is -2.09. The molecule has 0 radical (unpaired) electrons. The van der Waals surface area contributed by atoms with Gasteiger partial charge < -0.3 is 4.74 Å². The lowest BCUT2D eigenvalue weighted by Crippen LogP contribution is -2.12. The summed E-state index contributed by atoms with van der Waals surface area (Å²) >= 11 is 0. The molecule has 1 rings (SSSR count). The Morgan fingerprint density at radius 2 is 1.70 bits per heavy atom. The number of nitrogens with zero attached hydrogens (tertiary/aromatic N) is 2. The number of carbonyl (C=O) groups is 1. The van der Waals surface area contributed by atoms with Gasteiger partial charge in [-0.15, -0.1) is 0 Å². The molecule has 0 saturated carbocycles. The minimum absolute atomic E-state index is 0.146. The summed E-state index contributed by atoms with van der Waals surface area (Å²) < 4.78 is 4.97. The number of hydrogen-bond donors (Lipinski definition) is 0. The van der Waals surface area contributed by atoms with Crippen LogP contribution in [0.5, 0.6) is 0 Å². The second-order valence-electron chi connectivity index (χ2n) is 4.36. The SMILES string of the molecule is CC[C@H](C)COC(=O)c1cc([N+](=O)[O-])cc([N+](=O)[O-])c1. The van der Waals surface area contributed by atoms with Gasteiger partial charge in [0, 0.05) is 12.1 Å². The Labute approximate surface area is 114 Å². The Kier molecular flexibility index (Phi) is 5.13. The molecule has 0 heterocycles. The predicted octanol–water partition coefficient (Wildman–Crippen LogP) is 2.71. The van der Waals surface area contributed by atoms with Gasteiger partial charge in [-0.3, -0.25) is 20.2 Å². The van der Waals surface area contributed by atoms with E-state index in [9.17, 15) is 25.0 Å². The first-order chi connectivity index (χ1) is 9.35. The van der Waals surface area contributed by atoms with Crippen LogP contribution >= 0.6 is 0 Å².